The monoisotopic (exact) mass is 368 g/mol. The second-order valence-corrected chi connectivity index (χ2v) is 6.65. The van der Waals surface area contributed by atoms with Crippen LogP contribution in [-0.2, 0) is 10.2 Å². The van der Waals surface area contributed by atoms with Gasteiger partial charge in [-0.25, -0.2) is 4.39 Å². The maximum Gasteiger partial charge on any atom is 0.250 e. The number of aromatic nitrogens is 2. The zero-order valence-electron chi connectivity index (χ0n) is 14.5. The van der Waals surface area contributed by atoms with E-state index in [1.165, 1.54) is 6.07 Å². The quantitative estimate of drug-likeness (QED) is 0.702. The fourth-order valence-corrected chi connectivity index (χ4v) is 3.70. The molecule has 0 N–H and O–H groups in total. The van der Waals surface area contributed by atoms with E-state index in [0.29, 0.717) is 43.3 Å². The van der Waals surface area contributed by atoms with Crippen LogP contribution in [0, 0.1) is 5.82 Å². The number of nitrogens with zero attached hydrogens (tertiary/aromatic N) is 2. The fourth-order valence-electron chi connectivity index (χ4n) is 3.70. The zero-order chi connectivity index (χ0) is 18.3. The van der Waals surface area contributed by atoms with Gasteiger partial charge in [-0.1, -0.05) is 18.2 Å². The van der Waals surface area contributed by atoms with Gasteiger partial charge in [-0.15, -0.1) is 10.2 Å². The molecule has 1 fully saturated rings. The van der Waals surface area contributed by atoms with Gasteiger partial charge in [-0.2, -0.15) is 0 Å². The van der Waals surface area contributed by atoms with E-state index in [0.717, 1.165) is 11.3 Å². The Morgan fingerprint density at radius 1 is 0.926 bits per heavy atom. The van der Waals surface area contributed by atoms with Crippen molar-refractivity contribution >= 4 is 0 Å². The third-order valence-corrected chi connectivity index (χ3v) is 5.21. The number of benzene rings is 2. The summed E-state index contributed by atoms with van der Waals surface area (Å²) < 4.78 is 36.6. The molecule has 3 aromatic rings. The van der Waals surface area contributed by atoms with Crippen molar-refractivity contribution in [2.75, 3.05) is 20.0 Å². The largest absolute Gasteiger partial charge is 0.454 e. The first-order chi connectivity index (χ1) is 13.3. The van der Waals surface area contributed by atoms with Crippen molar-refractivity contribution in [1.82, 2.24) is 10.2 Å². The highest BCUT2D eigenvalue weighted by molar-refractivity contribution is 5.54. The highest BCUT2D eigenvalue weighted by atomic mass is 19.1. The number of halogens is 1. The van der Waals surface area contributed by atoms with E-state index in [-0.39, 0.29) is 12.7 Å². The third kappa shape index (κ3) is 2.66. The minimum Gasteiger partial charge on any atom is -0.454 e. The highest BCUT2D eigenvalue weighted by Crippen LogP contribution is 2.44. The predicted molar refractivity (Wildman–Crippen MR) is 93.1 cm³/mol. The number of ether oxygens (including phenoxy) is 3. The van der Waals surface area contributed by atoms with Crippen molar-refractivity contribution in [2.45, 2.75) is 18.3 Å². The van der Waals surface area contributed by atoms with E-state index >= 15 is 0 Å². The first-order valence-electron chi connectivity index (χ1n) is 8.83. The van der Waals surface area contributed by atoms with Crippen molar-refractivity contribution in [1.29, 1.82) is 0 Å². The van der Waals surface area contributed by atoms with Gasteiger partial charge in [-0.05, 0) is 42.7 Å². The van der Waals surface area contributed by atoms with Gasteiger partial charge < -0.3 is 18.6 Å². The average molecular weight is 368 g/mol. The normalized spacial score (nSPS) is 17.8. The Labute approximate surface area is 154 Å². The molecule has 1 saturated heterocycles. The molecular weight excluding hydrogens is 351 g/mol. The summed E-state index contributed by atoms with van der Waals surface area (Å²) in [6, 6.07) is 12.2. The summed E-state index contributed by atoms with van der Waals surface area (Å²) in [5.41, 5.74) is 0.790. The Morgan fingerprint density at radius 2 is 1.74 bits per heavy atom. The fraction of sp³-hybridized carbons (Fsp3) is 0.300. The highest BCUT2D eigenvalue weighted by Gasteiger charge is 2.42. The van der Waals surface area contributed by atoms with E-state index in [2.05, 4.69) is 10.2 Å². The van der Waals surface area contributed by atoms with Gasteiger partial charge in [0, 0.05) is 13.2 Å². The predicted octanol–water partition coefficient (Wildman–Crippen LogP) is 3.70. The minimum absolute atomic E-state index is 0.176. The van der Waals surface area contributed by atoms with Crippen molar-refractivity contribution in [2.24, 2.45) is 0 Å². The molecule has 2 aliphatic heterocycles. The van der Waals surface area contributed by atoms with Crippen molar-refractivity contribution in [3.8, 4) is 23.0 Å². The van der Waals surface area contributed by atoms with Crippen LogP contribution in [-0.4, -0.2) is 30.2 Å². The van der Waals surface area contributed by atoms with Crippen LogP contribution in [0.5, 0.6) is 11.5 Å². The summed E-state index contributed by atoms with van der Waals surface area (Å²) in [6.45, 7) is 1.37. The lowest BCUT2D eigenvalue weighted by Gasteiger charge is -2.34. The van der Waals surface area contributed by atoms with Gasteiger partial charge in [0.1, 0.15) is 5.82 Å². The molecule has 0 saturated carbocycles. The Bertz CT molecular complexity index is 982. The lowest BCUT2D eigenvalue weighted by molar-refractivity contribution is 0.0545. The first kappa shape index (κ1) is 16.3. The molecule has 5 rings (SSSR count). The molecule has 3 heterocycles. The molecule has 0 atom stereocenters. The van der Waals surface area contributed by atoms with Gasteiger partial charge in [0.2, 0.25) is 12.7 Å². The van der Waals surface area contributed by atoms with E-state index in [4.69, 9.17) is 18.6 Å². The number of hydrogen-bond acceptors (Lipinski definition) is 6. The van der Waals surface area contributed by atoms with Crippen molar-refractivity contribution < 1.29 is 23.0 Å². The molecule has 7 heteroatoms. The van der Waals surface area contributed by atoms with Gasteiger partial charge in [0.25, 0.3) is 5.89 Å². The van der Waals surface area contributed by atoms with Crippen molar-refractivity contribution in [3.05, 3.63) is 59.7 Å². The molecule has 27 heavy (non-hydrogen) atoms. The second kappa shape index (κ2) is 6.35. The van der Waals surface area contributed by atoms with Gasteiger partial charge in [0.05, 0.1) is 11.0 Å². The van der Waals surface area contributed by atoms with Gasteiger partial charge in [-0.3, -0.25) is 0 Å². The van der Waals surface area contributed by atoms with Crippen LogP contribution >= 0.6 is 0 Å². The molecule has 0 aliphatic carbocycles. The van der Waals surface area contributed by atoms with E-state index in [1.54, 1.807) is 18.2 Å². The molecule has 2 aromatic carbocycles. The van der Waals surface area contributed by atoms with Crippen molar-refractivity contribution in [3.63, 3.8) is 0 Å². The maximum atomic E-state index is 14.1. The van der Waals surface area contributed by atoms with E-state index in [1.807, 2.05) is 18.2 Å². The first-order valence-corrected chi connectivity index (χ1v) is 8.83. The summed E-state index contributed by atoms with van der Waals surface area (Å²) in [5, 5.41) is 8.40. The molecule has 0 amide bonds. The minimum atomic E-state index is -0.504. The molecule has 0 bridgehead atoms. The SMILES string of the molecule is Fc1ccccc1-c1nnc(C2(c3ccc4c(c3)OCO4)CCOCC2)o1. The molecule has 1 aromatic heterocycles. The van der Waals surface area contributed by atoms with Crippen LogP contribution in [0.3, 0.4) is 0 Å². The lowest BCUT2D eigenvalue weighted by atomic mass is 9.74. The van der Waals surface area contributed by atoms with Crippen LogP contribution in [0.25, 0.3) is 11.5 Å². The Morgan fingerprint density at radius 3 is 2.59 bits per heavy atom. The van der Waals surface area contributed by atoms with Gasteiger partial charge in [0.15, 0.2) is 11.5 Å². The topological polar surface area (TPSA) is 66.6 Å². The smallest absolute Gasteiger partial charge is 0.250 e. The Kier molecular flexibility index (Phi) is 3.82. The van der Waals surface area contributed by atoms with Crippen LogP contribution in [0.4, 0.5) is 4.39 Å². The number of rotatable bonds is 3. The van der Waals surface area contributed by atoms with E-state index < -0.39 is 11.2 Å². The van der Waals surface area contributed by atoms with Crippen LogP contribution in [0.2, 0.25) is 0 Å². The molecule has 2 aliphatic rings. The lowest BCUT2D eigenvalue weighted by Crippen LogP contribution is -2.35. The molecule has 138 valence electrons. The van der Waals surface area contributed by atoms with Crippen LogP contribution in [0.1, 0.15) is 24.3 Å². The molecule has 0 radical (unpaired) electrons. The van der Waals surface area contributed by atoms with Crippen LogP contribution in [0.15, 0.2) is 46.9 Å². The molecule has 0 unspecified atom stereocenters. The second-order valence-electron chi connectivity index (χ2n) is 6.65. The standard InChI is InChI=1S/C20H17FN2O4/c21-15-4-2-1-3-14(15)18-22-23-19(27-18)20(7-9-24-10-8-20)13-5-6-16-17(11-13)26-12-25-16/h1-6,11H,7-10,12H2. The van der Waals surface area contributed by atoms with Crippen LogP contribution < -0.4 is 9.47 Å². The third-order valence-electron chi connectivity index (χ3n) is 5.21. The van der Waals surface area contributed by atoms with Gasteiger partial charge >= 0.3 is 0 Å². The Balaban J connectivity index is 1.60. The summed E-state index contributed by atoms with van der Waals surface area (Å²) in [5.74, 6) is 1.67. The molecular formula is C20H17FN2O4. The van der Waals surface area contributed by atoms with E-state index in [9.17, 15) is 4.39 Å². The summed E-state index contributed by atoms with van der Waals surface area (Å²) in [4.78, 5) is 0. The number of fused-ring (bicyclic) bond motifs is 1. The molecule has 0 spiro atoms. The average Bonchev–Trinajstić information content (AvgIpc) is 3.38. The summed E-state index contributed by atoms with van der Waals surface area (Å²) >= 11 is 0. The summed E-state index contributed by atoms with van der Waals surface area (Å²) in [6.07, 6.45) is 1.37. The Hall–Kier alpha value is -2.93. The summed E-state index contributed by atoms with van der Waals surface area (Å²) in [7, 11) is 0. The maximum absolute atomic E-state index is 14.1. The zero-order valence-corrected chi connectivity index (χ0v) is 14.5. The number of hydrogen-bond donors (Lipinski definition) is 0. The molecule has 6 nitrogen and oxygen atoms in total.